The van der Waals surface area contributed by atoms with Gasteiger partial charge in [0, 0.05) is 6.92 Å². The summed E-state index contributed by atoms with van der Waals surface area (Å²) in [6.07, 6.45) is 0. The summed E-state index contributed by atoms with van der Waals surface area (Å²) in [5.74, 6) is 0.574. The topological polar surface area (TPSA) is 116 Å². The molecule has 21 heavy (non-hydrogen) atoms. The van der Waals surface area contributed by atoms with Crippen LogP contribution >= 0.6 is 47.3 Å². The molecule has 0 saturated heterocycles. The Kier molecular flexibility index (Phi) is 7.28. The third-order valence-electron chi connectivity index (χ3n) is 1.64. The Morgan fingerprint density at radius 1 is 1.10 bits per heavy atom. The monoisotopic (exact) mass is 364 g/mol. The summed E-state index contributed by atoms with van der Waals surface area (Å²) in [4.78, 5) is 14.3. The van der Waals surface area contributed by atoms with E-state index >= 15 is 0 Å². The van der Waals surface area contributed by atoms with Crippen LogP contribution < -0.4 is 4.87 Å². The predicted octanol–water partition coefficient (Wildman–Crippen LogP) is 2.69. The third kappa shape index (κ3) is 7.75. The highest BCUT2D eigenvalue weighted by Crippen LogP contribution is 1.95. The van der Waals surface area contributed by atoms with Crippen LogP contribution in [-0.4, -0.2) is 29.8 Å². The van der Waals surface area contributed by atoms with E-state index in [2.05, 4.69) is 54.2 Å². The molecule has 0 aliphatic rings. The number of H-pyrrole nitrogens is 3. The Hall–Kier alpha value is -1.50. The van der Waals surface area contributed by atoms with Crippen molar-refractivity contribution in [3.8, 4) is 0 Å². The normalized spacial score (nSPS) is 9.29. The molecule has 8 nitrogen and oxygen atoms in total. The van der Waals surface area contributed by atoms with Crippen molar-refractivity contribution in [1.82, 2.24) is 29.8 Å². The van der Waals surface area contributed by atoms with E-state index in [0.29, 0.717) is 15.5 Å². The van der Waals surface area contributed by atoms with Gasteiger partial charge in [-0.2, -0.15) is 5.10 Å². The molecule has 0 bridgehead atoms. The molecule has 3 rings (SSSR count). The van der Waals surface area contributed by atoms with Gasteiger partial charge in [-0.25, -0.2) is 15.2 Å². The van der Waals surface area contributed by atoms with Gasteiger partial charge >= 0.3 is 4.87 Å². The number of aromatic amines is 3. The molecule has 114 valence electrons. The number of rotatable bonds is 0. The first-order chi connectivity index (χ1) is 9.86. The molecule has 0 fully saturated rings. The average molecular weight is 365 g/mol. The lowest BCUT2D eigenvalue weighted by Gasteiger charge is -1.65. The summed E-state index contributed by atoms with van der Waals surface area (Å²) >= 11 is 11.8. The van der Waals surface area contributed by atoms with Crippen LogP contribution in [0.4, 0.5) is 0 Å². The van der Waals surface area contributed by atoms with Gasteiger partial charge in [0.05, 0.1) is 0 Å². The predicted molar refractivity (Wildman–Crippen MR) is 85.9 cm³/mol. The molecule has 0 aromatic carbocycles. The second-order valence-electron chi connectivity index (χ2n) is 3.40. The van der Waals surface area contributed by atoms with Crippen molar-refractivity contribution in [1.29, 1.82) is 0 Å². The fraction of sp³-hybridized carbons (Fsp3) is 0.333. The maximum atomic E-state index is 10.2. The van der Waals surface area contributed by atoms with Gasteiger partial charge in [0.15, 0.2) is 0 Å². The molecule has 3 aromatic rings. The molecule has 0 atom stereocenters. The molecule has 0 saturated carbocycles. The quantitative estimate of drug-likeness (QED) is 0.525. The van der Waals surface area contributed by atoms with Gasteiger partial charge in [-0.15, -0.1) is 5.10 Å². The highest BCUT2D eigenvalue weighted by molar-refractivity contribution is 7.71. The number of hydrogen-bond donors (Lipinski definition) is 3. The summed E-state index contributed by atoms with van der Waals surface area (Å²) in [5.41, 5.74) is 0. The molecule has 3 N–H and O–H groups in total. The number of hydrogen-bond acceptors (Lipinski definition) is 9. The van der Waals surface area contributed by atoms with Crippen molar-refractivity contribution < 1.29 is 4.42 Å². The first-order valence-electron chi connectivity index (χ1n) is 5.43. The van der Waals surface area contributed by atoms with E-state index < -0.39 is 0 Å². The first-order valence-corrected chi connectivity index (χ1v) is 7.88. The molecule has 0 radical (unpaired) electrons. The van der Waals surface area contributed by atoms with Crippen molar-refractivity contribution in [2.24, 2.45) is 0 Å². The van der Waals surface area contributed by atoms with Crippen LogP contribution in [0.25, 0.3) is 0 Å². The highest BCUT2D eigenvalue weighted by Gasteiger charge is 1.86. The van der Waals surface area contributed by atoms with Gasteiger partial charge in [-0.05, 0) is 49.8 Å². The van der Waals surface area contributed by atoms with Crippen molar-refractivity contribution in [2.45, 2.75) is 20.8 Å². The Bertz CT molecular complexity index is 712. The summed E-state index contributed by atoms with van der Waals surface area (Å²) in [5, 5.41) is 13.7. The SMILES string of the molecule is Cc1n[nH]c(=O)s1.Cc1n[nH]c(=S)o1.Cc1nc(=S)[nH]s1. The van der Waals surface area contributed by atoms with Gasteiger partial charge in [-0.1, -0.05) is 11.3 Å². The van der Waals surface area contributed by atoms with E-state index in [4.69, 9.17) is 4.42 Å². The molecule has 0 unspecified atom stereocenters. The summed E-state index contributed by atoms with van der Waals surface area (Å²) in [6.45, 7) is 5.42. The van der Waals surface area contributed by atoms with Gasteiger partial charge in [0.2, 0.25) is 10.7 Å². The first kappa shape index (κ1) is 17.6. The minimum atomic E-state index is -0.0856. The Balaban J connectivity index is 0.000000157. The van der Waals surface area contributed by atoms with Gasteiger partial charge < -0.3 is 4.42 Å². The fourth-order valence-electron chi connectivity index (χ4n) is 0.914. The van der Waals surface area contributed by atoms with Gasteiger partial charge in [0.1, 0.15) is 10.0 Å². The van der Waals surface area contributed by atoms with Crippen LogP contribution in [-0.2, 0) is 0 Å². The Morgan fingerprint density at radius 2 is 1.81 bits per heavy atom. The van der Waals surface area contributed by atoms with Crippen molar-refractivity contribution in [3.05, 3.63) is 35.2 Å². The van der Waals surface area contributed by atoms with E-state index in [1.54, 1.807) is 13.8 Å². The van der Waals surface area contributed by atoms with Crippen LogP contribution in [0.3, 0.4) is 0 Å². The van der Waals surface area contributed by atoms with Crippen LogP contribution in [0.2, 0.25) is 0 Å². The third-order valence-corrected chi connectivity index (χ3v) is 3.48. The summed E-state index contributed by atoms with van der Waals surface area (Å²) in [6, 6.07) is 0. The molecule has 0 spiro atoms. The Labute approximate surface area is 137 Å². The zero-order valence-corrected chi connectivity index (χ0v) is 14.6. The highest BCUT2D eigenvalue weighted by atomic mass is 32.1. The van der Waals surface area contributed by atoms with Crippen LogP contribution in [0, 0.1) is 30.4 Å². The number of nitrogens with zero attached hydrogens (tertiary/aromatic N) is 3. The molecule has 0 aliphatic heterocycles. The zero-order chi connectivity index (χ0) is 15.8. The minimum Gasteiger partial charge on any atom is -0.414 e. The van der Waals surface area contributed by atoms with Gasteiger partial charge in [-0.3, -0.25) is 9.17 Å². The molecule has 0 aliphatic carbocycles. The Morgan fingerprint density at radius 3 is 1.95 bits per heavy atom. The second-order valence-corrected chi connectivity index (χ2v) is 6.33. The van der Waals surface area contributed by atoms with E-state index in [-0.39, 0.29) is 4.87 Å². The number of aromatic nitrogens is 6. The van der Waals surface area contributed by atoms with Crippen molar-refractivity contribution >= 4 is 47.3 Å². The second kappa shape index (κ2) is 8.71. The molecule has 12 heteroatoms. The molecule has 0 amide bonds. The molecular weight excluding hydrogens is 352 g/mol. The van der Waals surface area contributed by atoms with E-state index in [0.717, 1.165) is 21.4 Å². The molecule has 3 heterocycles. The van der Waals surface area contributed by atoms with Crippen LogP contribution in [0.15, 0.2) is 9.21 Å². The summed E-state index contributed by atoms with van der Waals surface area (Å²) in [7, 11) is 0. The van der Waals surface area contributed by atoms with Crippen molar-refractivity contribution in [2.75, 3.05) is 0 Å². The largest absolute Gasteiger partial charge is 0.414 e. The molecular formula is C9H12N6O2S4. The lowest BCUT2D eigenvalue weighted by atomic mass is 10.8. The van der Waals surface area contributed by atoms with Gasteiger partial charge in [0.25, 0.3) is 4.84 Å². The standard InChI is InChI=1S/2C3H4N2OS.C3H4N2S2/c1-2-4-5-3(6)7-2;1-2-4-5-3(7)6-2;1-2-4-3(6)5-7-2/h1H3,(H,5,6);1H3,(H,5,7);1H3,(H,5,6). The van der Waals surface area contributed by atoms with Crippen LogP contribution in [0.5, 0.6) is 0 Å². The smallest absolute Gasteiger partial charge is 0.322 e. The molecule has 3 aromatic heterocycles. The van der Waals surface area contributed by atoms with E-state index in [9.17, 15) is 4.79 Å². The zero-order valence-electron chi connectivity index (χ0n) is 11.3. The average Bonchev–Trinajstić information content (AvgIpc) is 3.06. The minimum absolute atomic E-state index is 0.0856. The van der Waals surface area contributed by atoms with Crippen molar-refractivity contribution in [3.63, 3.8) is 0 Å². The lowest BCUT2D eigenvalue weighted by molar-refractivity contribution is 0.504. The summed E-state index contributed by atoms with van der Waals surface area (Å²) < 4.78 is 8.13. The lowest BCUT2D eigenvalue weighted by Crippen LogP contribution is -1.90. The van der Waals surface area contributed by atoms with Crippen LogP contribution in [0.1, 0.15) is 15.9 Å². The fourth-order valence-corrected chi connectivity index (χ4v) is 2.27. The number of nitrogens with one attached hydrogen (secondary N) is 3. The maximum absolute atomic E-state index is 10.2. The van der Waals surface area contributed by atoms with E-state index in [1.165, 1.54) is 11.5 Å². The number of aryl methyl sites for hydroxylation is 3. The van der Waals surface area contributed by atoms with E-state index in [1.807, 2.05) is 6.92 Å². The maximum Gasteiger partial charge on any atom is 0.322 e.